The Morgan fingerprint density at radius 2 is 1.73 bits per heavy atom. The van der Waals surface area contributed by atoms with Crippen molar-refractivity contribution in [2.24, 2.45) is 7.05 Å². The van der Waals surface area contributed by atoms with Gasteiger partial charge >= 0.3 is 0 Å². The van der Waals surface area contributed by atoms with Gasteiger partial charge in [-0.1, -0.05) is 30.2 Å². The minimum atomic E-state index is -0.620. The van der Waals surface area contributed by atoms with Gasteiger partial charge in [0.15, 0.2) is 5.65 Å². The van der Waals surface area contributed by atoms with E-state index in [1.165, 1.54) is 22.4 Å². The molecular formula is C37H45N7O. The van der Waals surface area contributed by atoms with Crippen molar-refractivity contribution >= 4 is 22.7 Å². The lowest BCUT2D eigenvalue weighted by Crippen LogP contribution is -2.46. The molecular weight excluding hydrogens is 558 g/mol. The summed E-state index contributed by atoms with van der Waals surface area (Å²) in [5, 5.41) is 3.70. The maximum absolute atomic E-state index is 14.0. The lowest BCUT2D eigenvalue weighted by atomic mass is 9.84. The third-order valence-electron chi connectivity index (χ3n) is 10.2. The molecule has 1 aromatic carbocycles. The topological polar surface area (TPSA) is 80.3 Å². The first kappa shape index (κ1) is 29.7. The molecule has 1 amide bonds. The van der Waals surface area contributed by atoms with Crippen molar-refractivity contribution < 1.29 is 4.79 Å². The van der Waals surface area contributed by atoms with E-state index < -0.39 is 5.41 Å². The fourth-order valence-corrected chi connectivity index (χ4v) is 7.76. The van der Waals surface area contributed by atoms with Gasteiger partial charge in [0.25, 0.3) is 0 Å². The van der Waals surface area contributed by atoms with Crippen LogP contribution in [-0.4, -0.2) is 59.9 Å². The number of carbonyl (C=O) groups is 1. The highest BCUT2D eigenvalue weighted by Crippen LogP contribution is 2.41. The van der Waals surface area contributed by atoms with Gasteiger partial charge in [-0.05, 0) is 102 Å². The Kier molecular flexibility index (Phi) is 7.51. The fourth-order valence-electron chi connectivity index (χ4n) is 7.76. The predicted molar refractivity (Wildman–Crippen MR) is 180 cm³/mol. The minimum Gasteiger partial charge on any atom is -0.336 e. The number of nitrogens with one attached hydrogen (secondary N) is 1. The summed E-state index contributed by atoms with van der Waals surface area (Å²) in [6.07, 6.45) is 11.4. The Bertz CT molecular complexity index is 1860. The van der Waals surface area contributed by atoms with E-state index in [-0.39, 0.29) is 11.8 Å². The van der Waals surface area contributed by atoms with E-state index in [1.807, 2.05) is 24.1 Å². The fraction of sp³-hybridized carbons (Fsp3) is 0.459. The molecule has 0 spiro atoms. The highest BCUT2D eigenvalue weighted by atomic mass is 16.2. The van der Waals surface area contributed by atoms with Gasteiger partial charge in [-0.2, -0.15) is 0 Å². The Morgan fingerprint density at radius 3 is 2.44 bits per heavy atom. The van der Waals surface area contributed by atoms with Crippen LogP contribution in [0, 0.1) is 13.8 Å². The Morgan fingerprint density at radius 1 is 1.02 bits per heavy atom. The number of aryl methyl sites for hydroxylation is 3. The van der Waals surface area contributed by atoms with Crippen LogP contribution in [0.15, 0.2) is 55.1 Å². The molecule has 2 saturated heterocycles. The number of nitrogens with zero attached hydrogens (tertiary/aromatic N) is 6. The first-order chi connectivity index (χ1) is 21.6. The molecule has 1 atom stereocenters. The van der Waals surface area contributed by atoms with Crippen molar-refractivity contribution in [3.63, 3.8) is 0 Å². The van der Waals surface area contributed by atoms with E-state index in [0.29, 0.717) is 12.1 Å². The summed E-state index contributed by atoms with van der Waals surface area (Å²) in [4.78, 5) is 30.5. The molecule has 0 unspecified atom stereocenters. The Labute approximate surface area is 265 Å². The number of rotatable bonds is 9. The van der Waals surface area contributed by atoms with Crippen LogP contribution in [0.2, 0.25) is 0 Å². The van der Waals surface area contributed by atoms with Crippen molar-refractivity contribution in [1.29, 1.82) is 0 Å². The summed E-state index contributed by atoms with van der Waals surface area (Å²) < 4.78 is 4.20. The minimum absolute atomic E-state index is 0.177. The molecule has 234 valence electrons. The summed E-state index contributed by atoms with van der Waals surface area (Å²) in [6, 6.07) is 13.8. The standard InChI is InChI=1S/C37H45N7O/c1-23-15-24(2)17-27(16-23)33-34(25(3)19-38-14-13-26-18-31-35(39-20-26)42(6)22-40-31)43-21-28(7-12-32(43)41-33)37(4,5)36(45)44-29-8-9-30(44)11-10-29/h7,12,15-18,20-22,25,29-30,38H,8-11,13-14,19H2,1-6H3/t25-,29?,30?/m1/s1. The molecule has 2 aliphatic rings. The van der Waals surface area contributed by atoms with Crippen LogP contribution >= 0.6 is 0 Å². The van der Waals surface area contributed by atoms with Gasteiger partial charge in [0.2, 0.25) is 5.91 Å². The van der Waals surface area contributed by atoms with Crippen molar-refractivity contribution in [1.82, 2.24) is 34.1 Å². The molecule has 8 heteroatoms. The predicted octanol–water partition coefficient (Wildman–Crippen LogP) is 6.27. The van der Waals surface area contributed by atoms with E-state index >= 15 is 0 Å². The van der Waals surface area contributed by atoms with Crippen molar-refractivity contribution in [3.8, 4) is 11.3 Å². The number of carbonyl (C=O) groups excluding carboxylic acids is 1. The summed E-state index contributed by atoms with van der Waals surface area (Å²) >= 11 is 0. The number of fused-ring (bicyclic) bond motifs is 4. The summed E-state index contributed by atoms with van der Waals surface area (Å²) in [5.74, 6) is 0.437. The molecule has 45 heavy (non-hydrogen) atoms. The number of aromatic nitrogens is 5. The van der Waals surface area contributed by atoms with E-state index in [0.717, 1.165) is 78.8 Å². The molecule has 4 aromatic heterocycles. The Hall–Kier alpha value is -4.04. The van der Waals surface area contributed by atoms with Crippen LogP contribution in [-0.2, 0) is 23.7 Å². The molecule has 2 bridgehead atoms. The van der Waals surface area contributed by atoms with Crippen LogP contribution in [0.1, 0.15) is 80.3 Å². The summed E-state index contributed by atoms with van der Waals surface area (Å²) in [5.41, 5.74) is 10.1. The lowest BCUT2D eigenvalue weighted by molar-refractivity contribution is -0.137. The first-order valence-electron chi connectivity index (χ1n) is 16.5. The highest BCUT2D eigenvalue weighted by molar-refractivity contribution is 5.88. The number of benzene rings is 1. The van der Waals surface area contributed by atoms with E-state index in [9.17, 15) is 4.79 Å². The van der Waals surface area contributed by atoms with E-state index in [1.54, 1.807) is 0 Å². The molecule has 2 aliphatic heterocycles. The third kappa shape index (κ3) is 5.33. The molecule has 6 heterocycles. The quantitative estimate of drug-likeness (QED) is 0.201. The van der Waals surface area contributed by atoms with Gasteiger partial charge in [-0.25, -0.2) is 15.0 Å². The molecule has 1 N–H and O–H groups in total. The van der Waals surface area contributed by atoms with E-state index in [4.69, 9.17) is 4.98 Å². The summed E-state index contributed by atoms with van der Waals surface area (Å²) in [6.45, 7) is 12.4. The zero-order valence-electron chi connectivity index (χ0n) is 27.5. The number of imidazole rings is 2. The smallest absolute Gasteiger partial charge is 0.233 e. The largest absolute Gasteiger partial charge is 0.336 e. The summed E-state index contributed by atoms with van der Waals surface area (Å²) in [7, 11) is 1.97. The first-order valence-corrected chi connectivity index (χ1v) is 16.5. The van der Waals surface area contributed by atoms with Crippen LogP contribution in [0.3, 0.4) is 0 Å². The normalized spacial score (nSPS) is 18.8. The van der Waals surface area contributed by atoms with Gasteiger partial charge in [-0.15, -0.1) is 0 Å². The second-order valence-corrected chi connectivity index (χ2v) is 14.1. The SMILES string of the molecule is Cc1cc(C)cc(-c2nc3ccc(C(C)(C)C(=O)N4C5CCC4CC5)cn3c2[C@H](C)CNCCc2cnc3c(c2)ncn3C)c1. The highest BCUT2D eigenvalue weighted by Gasteiger charge is 2.47. The molecule has 2 fully saturated rings. The van der Waals surface area contributed by atoms with Crippen LogP contribution in [0.25, 0.3) is 28.1 Å². The van der Waals surface area contributed by atoms with Crippen LogP contribution < -0.4 is 5.32 Å². The zero-order chi connectivity index (χ0) is 31.5. The van der Waals surface area contributed by atoms with Gasteiger partial charge < -0.3 is 19.2 Å². The second-order valence-electron chi connectivity index (χ2n) is 14.1. The molecule has 0 aliphatic carbocycles. The van der Waals surface area contributed by atoms with Crippen molar-refractivity contribution in [2.75, 3.05) is 13.1 Å². The Balaban J connectivity index is 1.18. The van der Waals surface area contributed by atoms with Gasteiger partial charge in [0.1, 0.15) is 11.2 Å². The van der Waals surface area contributed by atoms with Crippen LogP contribution in [0.4, 0.5) is 0 Å². The van der Waals surface area contributed by atoms with Gasteiger partial charge in [0, 0.05) is 49.6 Å². The third-order valence-corrected chi connectivity index (χ3v) is 10.2. The number of amides is 1. The average Bonchev–Trinajstić information content (AvgIpc) is 3.80. The van der Waals surface area contributed by atoms with Gasteiger partial charge in [-0.3, -0.25) is 4.79 Å². The van der Waals surface area contributed by atoms with E-state index in [2.05, 4.69) is 102 Å². The zero-order valence-corrected chi connectivity index (χ0v) is 27.5. The maximum Gasteiger partial charge on any atom is 0.233 e. The lowest BCUT2D eigenvalue weighted by Gasteiger charge is -2.33. The van der Waals surface area contributed by atoms with Gasteiger partial charge in [0.05, 0.1) is 23.1 Å². The molecule has 7 rings (SSSR count). The number of pyridine rings is 2. The molecule has 8 nitrogen and oxygen atoms in total. The average molecular weight is 604 g/mol. The number of hydrogen-bond donors (Lipinski definition) is 1. The maximum atomic E-state index is 14.0. The number of hydrogen-bond acceptors (Lipinski definition) is 5. The monoisotopic (exact) mass is 603 g/mol. The van der Waals surface area contributed by atoms with Crippen molar-refractivity contribution in [3.05, 3.63) is 83.1 Å². The van der Waals surface area contributed by atoms with Crippen molar-refractivity contribution in [2.45, 2.75) is 90.1 Å². The second kappa shape index (κ2) is 11.4. The molecule has 0 radical (unpaired) electrons. The molecule has 5 aromatic rings. The van der Waals surface area contributed by atoms with Crippen LogP contribution in [0.5, 0.6) is 0 Å². The molecule has 0 saturated carbocycles.